The van der Waals surface area contributed by atoms with Gasteiger partial charge in [-0.3, -0.25) is 0 Å². The maximum absolute atomic E-state index is 9.03. The van der Waals surface area contributed by atoms with Crippen LogP contribution in [0.5, 0.6) is 0 Å². The zero-order valence-electron chi connectivity index (χ0n) is 10.4. The molecule has 2 rings (SSSR count). The first-order chi connectivity index (χ1) is 8.63. The summed E-state index contributed by atoms with van der Waals surface area (Å²) in [6.45, 7) is 3.55. The highest BCUT2D eigenvalue weighted by molar-refractivity contribution is 9.10. The largest absolute Gasteiger partial charge is 0.365 e. The molecule has 1 aromatic rings. The number of benzene rings is 1. The van der Waals surface area contributed by atoms with Gasteiger partial charge in [-0.05, 0) is 25.2 Å². The van der Waals surface area contributed by atoms with Gasteiger partial charge in [0.25, 0.3) is 0 Å². The molecule has 5 heteroatoms. The number of nitriles is 1. The predicted octanol–water partition coefficient (Wildman–Crippen LogP) is 1.40. The van der Waals surface area contributed by atoms with Gasteiger partial charge in [0.1, 0.15) is 0 Å². The minimum absolute atomic E-state index is 0.310. The summed E-state index contributed by atoms with van der Waals surface area (Å²) in [5, 5.41) is 9.03. The molecule has 0 aliphatic carbocycles. The summed E-state index contributed by atoms with van der Waals surface area (Å²) in [7, 11) is 2.11. The summed E-state index contributed by atoms with van der Waals surface area (Å²) in [5.74, 6) is 0. The zero-order chi connectivity index (χ0) is 13.1. The Bertz CT molecular complexity index is 469. The molecule has 96 valence electrons. The van der Waals surface area contributed by atoms with E-state index in [4.69, 9.17) is 11.0 Å². The van der Waals surface area contributed by atoms with Gasteiger partial charge in [-0.1, -0.05) is 15.9 Å². The molecule has 1 unspecified atom stereocenters. The molecule has 0 aromatic heterocycles. The quantitative estimate of drug-likeness (QED) is 0.897. The van der Waals surface area contributed by atoms with Crippen LogP contribution in [0.15, 0.2) is 22.7 Å². The Kier molecular flexibility index (Phi) is 4.23. The zero-order valence-corrected chi connectivity index (χ0v) is 12.0. The molecule has 2 N–H and O–H groups in total. The molecular weight excluding hydrogens is 292 g/mol. The highest BCUT2D eigenvalue weighted by Gasteiger charge is 2.24. The van der Waals surface area contributed by atoms with E-state index in [9.17, 15) is 0 Å². The molecule has 1 aromatic carbocycles. The van der Waals surface area contributed by atoms with Crippen molar-refractivity contribution in [2.45, 2.75) is 6.04 Å². The lowest BCUT2D eigenvalue weighted by atomic mass is 10.1. The minimum atomic E-state index is 0.310. The minimum Gasteiger partial charge on any atom is -0.365 e. The Morgan fingerprint density at radius 1 is 1.44 bits per heavy atom. The van der Waals surface area contributed by atoms with E-state index in [0.717, 1.165) is 29.8 Å². The third kappa shape index (κ3) is 2.83. The van der Waals surface area contributed by atoms with Gasteiger partial charge in [0.05, 0.1) is 17.7 Å². The van der Waals surface area contributed by atoms with Crippen LogP contribution < -0.4 is 10.6 Å². The van der Waals surface area contributed by atoms with Crippen LogP contribution in [0.1, 0.15) is 5.56 Å². The molecule has 0 bridgehead atoms. The number of halogens is 1. The highest BCUT2D eigenvalue weighted by Crippen LogP contribution is 2.25. The maximum Gasteiger partial charge on any atom is 0.0992 e. The van der Waals surface area contributed by atoms with E-state index < -0.39 is 0 Å². The molecule has 0 radical (unpaired) electrons. The van der Waals surface area contributed by atoms with Crippen LogP contribution in [0.25, 0.3) is 0 Å². The van der Waals surface area contributed by atoms with Crippen molar-refractivity contribution in [3.8, 4) is 6.07 Å². The fourth-order valence-corrected chi connectivity index (χ4v) is 2.84. The molecule has 0 amide bonds. The summed E-state index contributed by atoms with van der Waals surface area (Å²) >= 11 is 3.45. The number of nitrogens with two attached hydrogens (primary N) is 1. The fraction of sp³-hybridized carbons (Fsp3) is 0.462. The van der Waals surface area contributed by atoms with E-state index in [1.165, 1.54) is 0 Å². The lowest BCUT2D eigenvalue weighted by molar-refractivity contribution is 0.270. The average Bonchev–Trinajstić information content (AvgIpc) is 2.37. The second kappa shape index (κ2) is 5.70. The van der Waals surface area contributed by atoms with Crippen molar-refractivity contribution in [3.63, 3.8) is 0 Å². The van der Waals surface area contributed by atoms with Gasteiger partial charge in [-0.2, -0.15) is 5.26 Å². The van der Waals surface area contributed by atoms with E-state index in [1.807, 2.05) is 12.1 Å². The molecule has 18 heavy (non-hydrogen) atoms. The van der Waals surface area contributed by atoms with Crippen molar-refractivity contribution < 1.29 is 0 Å². The summed E-state index contributed by atoms with van der Waals surface area (Å²) in [6.07, 6.45) is 0. The van der Waals surface area contributed by atoms with Crippen molar-refractivity contribution >= 4 is 21.6 Å². The van der Waals surface area contributed by atoms with Crippen LogP contribution in [-0.2, 0) is 0 Å². The molecule has 1 fully saturated rings. The number of hydrogen-bond donors (Lipinski definition) is 1. The van der Waals surface area contributed by atoms with Crippen molar-refractivity contribution in [1.29, 1.82) is 5.26 Å². The second-order valence-corrected chi connectivity index (χ2v) is 5.57. The highest BCUT2D eigenvalue weighted by atomic mass is 79.9. The first-order valence-corrected chi connectivity index (χ1v) is 6.79. The third-order valence-corrected chi connectivity index (χ3v) is 3.76. The first-order valence-electron chi connectivity index (χ1n) is 6.00. The van der Waals surface area contributed by atoms with Crippen LogP contribution in [0.3, 0.4) is 0 Å². The average molecular weight is 309 g/mol. The van der Waals surface area contributed by atoms with E-state index >= 15 is 0 Å². The Hall–Kier alpha value is -1.09. The molecule has 1 aliphatic rings. The Balaban J connectivity index is 2.30. The van der Waals surface area contributed by atoms with Gasteiger partial charge in [0.2, 0.25) is 0 Å². The maximum atomic E-state index is 9.03. The van der Waals surface area contributed by atoms with Crippen molar-refractivity contribution in [3.05, 3.63) is 28.2 Å². The second-order valence-electron chi connectivity index (χ2n) is 4.66. The monoisotopic (exact) mass is 308 g/mol. The molecule has 1 heterocycles. The summed E-state index contributed by atoms with van der Waals surface area (Å²) < 4.78 is 0.936. The Labute approximate surface area is 116 Å². The molecule has 0 spiro atoms. The van der Waals surface area contributed by atoms with Crippen LogP contribution >= 0.6 is 15.9 Å². The van der Waals surface area contributed by atoms with Gasteiger partial charge < -0.3 is 15.5 Å². The number of rotatable bonds is 2. The summed E-state index contributed by atoms with van der Waals surface area (Å²) in [6, 6.07) is 8.31. The molecule has 1 saturated heterocycles. The SMILES string of the molecule is CN1CCN(c2cc(Br)cc(C#N)c2)C(CN)C1. The lowest BCUT2D eigenvalue weighted by Gasteiger charge is -2.41. The van der Waals surface area contributed by atoms with Gasteiger partial charge in [0, 0.05) is 36.3 Å². The standard InChI is InChI=1S/C13H17BrN4/c1-17-2-3-18(13(8-16)9-17)12-5-10(7-15)4-11(14)6-12/h4-6,13H,2-3,8-9,16H2,1H3. The smallest absolute Gasteiger partial charge is 0.0992 e. The van der Waals surface area contributed by atoms with Crippen molar-refractivity contribution in [2.24, 2.45) is 5.73 Å². The lowest BCUT2D eigenvalue weighted by Crippen LogP contribution is -2.55. The number of anilines is 1. The van der Waals surface area contributed by atoms with Crippen molar-refractivity contribution in [2.75, 3.05) is 38.1 Å². The van der Waals surface area contributed by atoms with Crippen LogP contribution in [0, 0.1) is 11.3 Å². The first kappa shape index (κ1) is 13.3. The van der Waals surface area contributed by atoms with Crippen molar-refractivity contribution in [1.82, 2.24) is 4.90 Å². The topological polar surface area (TPSA) is 56.3 Å². The molecule has 1 aliphatic heterocycles. The summed E-state index contributed by atoms with van der Waals surface area (Å²) in [4.78, 5) is 4.59. The van der Waals surface area contributed by atoms with Crippen LogP contribution in [0.2, 0.25) is 0 Å². The Morgan fingerprint density at radius 3 is 2.89 bits per heavy atom. The predicted molar refractivity (Wildman–Crippen MR) is 76.5 cm³/mol. The number of hydrogen-bond acceptors (Lipinski definition) is 4. The third-order valence-electron chi connectivity index (χ3n) is 3.30. The normalized spacial score (nSPS) is 20.8. The number of piperazine rings is 1. The van der Waals surface area contributed by atoms with E-state index in [-0.39, 0.29) is 0 Å². The van der Waals surface area contributed by atoms with Crippen LogP contribution in [-0.4, -0.2) is 44.2 Å². The van der Waals surface area contributed by atoms with Crippen LogP contribution in [0.4, 0.5) is 5.69 Å². The molecule has 0 saturated carbocycles. The number of likely N-dealkylation sites (N-methyl/N-ethyl adjacent to an activating group) is 1. The molecule has 1 atom stereocenters. The molecular formula is C13H17BrN4. The molecule has 4 nitrogen and oxygen atoms in total. The van der Waals surface area contributed by atoms with Gasteiger partial charge in [-0.15, -0.1) is 0 Å². The fourth-order valence-electron chi connectivity index (χ4n) is 2.36. The van der Waals surface area contributed by atoms with Gasteiger partial charge in [-0.25, -0.2) is 0 Å². The van der Waals surface area contributed by atoms with E-state index in [1.54, 1.807) is 0 Å². The Morgan fingerprint density at radius 2 is 2.22 bits per heavy atom. The number of nitrogens with zero attached hydrogens (tertiary/aromatic N) is 3. The van der Waals surface area contributed by atoms with E-state index in [0.29, 0.717) is 18.2 Å². The van der Waals surface area contributed by atoms with Gasteiger partial charge in [0.15, 0.2) is 0 Å². The van der Waals surface area contributed by atoms with E-state index in [2.05, 4.69) is 44.9 Å². The van der Waals surface area contributed by atoms with Gasteiger partial charge >= 0.3 is 0 Å². The summed E-state index contributed by atoms with van der Waals surface area (Å²) in [5.41, 5.74) is 7.61.